The molecule has 54 heavy (non-hydrogen) atoms. The lowest BCUT2D eigenvalue weighted by Gasteiger charge is -2.22. The van der Waals surface area contributed by atoms with Gasteiger partial charge in [0, 0.05) is 37.0 Å². The number of amides is 4. The van der Waals surface area contributed by atoms with Gasteiger partial charge in [-0.3, -0.25) is 19.2 Å². The second-order valence-electron chi connectivity index (χ2n) is 12.2. The number of hydrogen-bond acceptors (Lipinski definition) is 8. The molecule has 0 saturated carbocycles. The molecule has 12 nitrogen and oxygen atoms in total. The summed E-state index contributed by atoms with van der Waals surface area (Å²) in [5, 5.41) is 14.3. The van der Waals surface area contributed by atoms with Crippen LogP contribution in [0, 0.1) is 0 Å². The van der Waals surface area contributed by atoms with Gasteiger partial charge in [-0.05, 0) is 87.8 Å². The highest BCUT2D eigenvalue weighted by atomic mass is 16.5. The van der Waals surface area contributed by atoms with Crippen LogP contribution in [0.4, 0.5) is 0 Å². The Hall–Kier alpha value is -5.78. The van der Waals surface area contributed by atoms with Gasteiger partial charge in [0.25, 0.3) is 0 Å². The highest BCUT2D eigenvalue weighted by Gasteiger charge is 2.23. The lowest BCUT2D eigenvalue weighted by atomic mass is 9.98. The van der Waals surface area contributed by atoms with Crippen LogP contribution in [0.5, 0.6) is 23.0 Å². The maximum atomic E-state index is 11.6. The summed E-state index contributed by atoms with van der Waals surface area (Å²) in [5.74, 6) is 1.57. The van der Waals surface area contributed by atoms with Crippen molar-refractivity contribution in [2.75, 3.05) is 52.6 Å². The first-order valence-corrected chi connectivity index (χ1v) is 18.5. The summed E-state index contributed by atoms with van der Waals surface area (Å²) >= 11 is 0. The number of ether oxygens (including phenoxy) is 4. The first-order chi connectivity index (χ1) is 26.3. The fourth-order valence-electron chi connectivity index (χ4n) is 5.46. The minimum absolute atomic E-state index is 0.218. The van der Waals surface area contributed by atoms with E-state index >= 15 is 0 Å². The lowest BCUT2D eigenvalue weighted by molar-refractivity contribution is -0.117. The van der Waals surface area contributed by atoms with E-state index in [1.54, 1.807) is 0 Å². The summed E-state index contributed by atoms with van der Waals surface area (Å²) in [6.07, 6.45) is 10.6. The number of nitrogens with one attached hydrogen (secondary N) is 4. The van der Waals surface area contributed by atoms with Crippen molar-refractivity contribution in [1.29, 1.82) is 0 Å². The normalized spacial score (nSPS) is 10.5. The van der Waals surface area contributed by atoms with Crippen molar-refractivity contribution >= 4 is 45.2 Å². The van der Waals surface area contributed by atoms with Crippen molar-refractivity contribution in [2.45, 2.75) is 51.4 Å². The van der Waals surface area contributed by atoms with Crippen molar-refractivity contribution in [3.8, 4) is 23.0 Å². The average Bonchev–Trinajstić information content (AvgIpc) is 3.19. The molecule has 0 atom stereocenters. The van der Waals surface area contributed by atoms with Gasteiger partial charge in [-0.1, -0.05) is 50.6 Å². The number of hydrogen-bond donors (Lipinski definition) is 4. The minimum atomic E-state index is -0.219. The number of rotatable bonds is 28. The molecular formula is C42H54N4O8. The zero-order valence-corrected chi connectivity index (χ0v) is 31.2. The predicted molar refractivity (Wildman–Crippen MR) is 213 cm³/mol. The molecule has 0 unspecified atom stereocenters. The van der Waals surface area contributed by atoms with E-state index in [0.29, 0.717) is 138 Å². The molecule has 4 amide bonds. The van der Waals surface area contributed by atoms with Crippen LogP contribution in [0.2, 0.25) is 0 Å². The van der Waals surface area contributed by atoms with E-state index in [4.69, 9.17) is 18.9 Å². The molecule has 3 aromatic rings. The third-order valence-corrected chi connectivity index (χ3v) is 8.23. The van der Waals surface area contributed by atoms with Gasteiger partial charge in [0.2, 0.25) is 23.6 Å². The standard InChI is InChI=1S/C42H54N4O8/c1-5-35(47)43-23-11-15-27-51-33-21-22-34(52-28-16-12-24-44-36(48)6-2)40-39(33)41(53-29-17-13-25-45-37(49)7-3)31-19-9-10-20-32(31)42(40)54-30-18-14-26-46-38(50)8-4/h5-10,19-22H,1-4,11-18,23-30H2,(H,43,47)(H,44,48)(H,45,49)(H,46,50). The fraction of sp³-hybridized carbons (Fsp3) is 0.381. The Morgan fingerprint density at radius 3 is 1.04 bits per heavy atom. The van der Waals surface area contributed by atoms with Gasteiger partial charge in [-0.25, -0.2) is 0 Å². The Morgan fingerprint density at radius 1 is 0.444 bits per heavy atom. The Morgan fingerprint density at radius 2 is 0.741 bits per heavy atom. The van der Waals surface area contributed by atoms with Gasteiger partial charge in [-0.15, -0.1) is 0 Å². The highest BCUT2D eigenvalue weighted by Crippen LogP contribution is 2.50. The molecule has 0 aromatic heterocycles. The smallest absolute Gasteiger partial charge is 0.243 e. The van der Waals surface area contributed by atoms with Gasteiger partial charge in [0.05, 0.1) is 37.2 Å². The molecule has 0 saturated heterocycles. The maximum absolute atomic E-state index is 11.6. The molecule has 3 aromatic carbocycles. The minimum Gasteiger partial charge on any atom is -0.493 e. The van der Waals surface area contributed by atoms with E-state index in [1.165, 1.54) is 24.3 Å². The highest BCUT2D eigenvalue weighted by molar-refractivity contribution is 6.15. The molecule has 0 fully saturated rings. The Balaban J connectivity index is 2.00. The number of carbonyl (C=O) groups is 4. The van der Waals surface area contributed by atoms with E-state index < -0.39 is 0 Å². The monoisotopic (exact) mass is 742 g/mol. The summed E-state index contributed by atoms with van der Waals surface area (Å²) in [4.78, 5) is 46.4. The third kappa shape index (κ3) is 14.0. The van der Waals surface area contributed by atoms with Crippen LogP contribution in [0.1, 0.15) is 51.4 Å². The van der Waals surface area contributed by atoms with Crippen molar-refractivity contribution in [3.05, 3.63) is 87.0 Å². The first-order valence-electron chi connectivity index (χ1n) is 18.5. The van der Waals surface area contributed by atoms with Crippen LogP contribution in [0.3, 0.4) is 0 Å². The molecule has 0 heterocycles. The van der Waals surface area contributed by atoms with E-state index in [9.17, 15) is 19.2 Å². The molecule has 0 aliphatic rings. The lowest BCUT2D eigenvalue weighted by Crippen LogP contribution is -2.22. The molecule has 3 rings (SSSR count). The van der Waals surface area contributed by atoms with Gasteiger partial charge >= 0.3 is 0 Å². The Bertz CT molecular complexity index is 1630. The van der Waals surface area contributed by atoms with E-state index in [2.05, 4.69) is 47.6 Å². The zero-order chi connectivity index (χ0) is 39.0. The van der Waals surface area contributed by atoms with Crippen LogP contribution in [0.25, 0.3) is 21.5 Å². The summed E-state index contributed by atoms with van der Waals surface area (Å²) in [6, 6.07) is 11.6. The van der Waals surface area contributed by atoms with Crippen molar-refractivity contribution in [3.63, 3.8) is 0 Å². The molecule has 0 aliphatic heterocycles. The maximum Gasteiger partial charge on any atom is 0.243 e. The molecular weight excluding hydrogens is 688 g/mol. The summed E-state index contributed by atoms with van der Waals surface area (Å²) in [6.45, 7) is 17.5. The molecule has 0 aliphatic carbocycles. The Kier molecular flexibility index (Phi) is 19.3. The van der Waals surface area contributed by atoms with Crippen LogP contribution in [-0.2, 0) is 19.2 Å². The molecule has 0 radical (unpaired) electrons. The summed E-state index contributed by atoms with van der Waals surface area (Å²) < 4.78 is 26.1. The number of carbonyl (C=O) groups excluding carboxylic acids is 4. The van der Waals surface area contributed by atoms with Crippen molar-refractivity contribution < 1.29 is 38.1 Å². The number of fused-ring (bicyclic) bond motifs is 2. The van der Waals surface area contributed by atoms with E-state index in [-0.39, 0.29) is 23.6 Å². The topological polar surface area (TPSA) is 153 Å². The summed E-state index contributed by atoms with van der Waals surface area (Å²) in [5.41, 5.74) is 0. The summed E-state index contributed by atoms with van der Waals surface area (Å²) in [7, 11) is 0. The largest absolute Gasteiger partial charge is 0.493 e. The number of benzene rings is 3. The molecule has 290 valence electrons. The first kappa shape index (κ1) is 42.6. The van der Waals surface area contributed by atoms with Crippen molar-refractivity contribution in [1.82, 2.24) is 21.3 Å². The fourth-order valence-corrected chi connectivity index (χ4v) is 5.46. The van der Waals surface area contributed by atoms with Gasteiger partial charge in [-0.2, -0.15) is 0 Å². The van der Waals surface area contributed by atoms with Gasteiger partial charge < -0.3 is 40.2 Å². The molecule has 4 N–H and O–H groups in total. The van der Waals surface area contributed by atoms with Gasteiger partial charge in [0.1, 0.15) is 23.0 Å². The molecule has 12 heteroatoms. The number of unbranched alkanes of at least 4 members (excludes halogenated alkanes) is 4. The quantitative estimate of drug-likeness (QED) is 0.0412. The van der Waals surface area contributed by atoms with Crippen molar-refractivity contribution in [2.24, 2.45) is 0 Å². The zero-order valence-electron chi connectivity index (χ0n) is 31.2. The Labute approximate surface area is 318 Å². The molecule has 0 spiro atoms. The second kappa shape index (κ2) is 24.5. The van der Waals surface area contributed by atoms with E-state index in [1.807, 2.05) is 36.4 Å². The molecule has 0 bridgehead atoms. The van der Waals surface area contributed by atoms with Crippen LogP contribution in [0.15, 0.2) is 87.0 Å². The van der Waals surface area contributed by atoms with Crippen LogP contribution in [-0.4, -0.2) is 76.2 Å². The van der Waals surface area contributed by atoms with Crippen LogP contribution < -0.4 is 40.2 Å². The third-order valence-electron chi connectivity index (χ3n) is 8.23. The second-order valence-corrected chi connectivity index (χ2v) is 12.2. The predicted octanol–water partition coefficient (Wildman–Crippen LogP) is 5.84. The average molecular weight is 743 g/mol. The van der Waals surface area contributed by atoms with Crippen LogP contribution >= 0.6 is 0 Å². The van der Waals surface area contributed by atoms with E-state index in [0.717, 1.165) is 10.8 Å². The SMILES string of the molecule is C=CC(=O)NCCCCOc1ccc(OCCCCNC(=O)C=C)c2c(OCCCCNC(=O)C=C)c3ccccc3c(OCCCCNC(=O)C=C)c12. The van der Waals surface area contributed by atoms with Gasteiger partial charge in [0.15, 0.2) is 0 Å².